The van der Waals surface area contributed by atoms with E-state index in [0.29, 0.717) is 12.3 Å². The van der Waals surface area contributed by atoms with Gasteiger partial charge in [0.2, 0.25) is 11.8 Å². The van der Waals surface area contributed by atoms with Crippen molar-refractivity contribution in [1.82, 2.24) is 10.6 Å². The molecule has 0 heterocycles. The van der Waals surface area contributed by atoms with Crippen molar-refractivity contribution in [3.8, 4) is 5.75 Å². The molecule has 0 aliphatic heterocycles. The fourth-order valence-electron chi connectivity index (χ4n) is 2.40. The highest BCUT2D eigenvalue weighted by atomic mass is 19.1. The van der Waals surface area contributed by atoms with Crippen LogP contribution in [0, 0.1) is 5.82 Å². The minimum absolute atomic E-state index is 0.0955. The molecule has 27 heavy (non-hydrogen) atoms. The lowest BCUT2D eigenvalue weighted by atomic mass is 10.2. The molecule has 144 valence electrons. The van der Waals surface area contributed by atoms with Crippen molar-refractivity contribution >= 4 is 11.8 Å². The molecule has 0 spiro atoms. The maximum Gasteiger partial charge on any atom is 0.245 e. The topological polar surface area (TPSA) is 76.7 Å². The summed E-state index contributed by atoms with van der Waals surface area (Å²) in [6.45, 7) is 2.02. The van der Waals surface area contributed by atoms with Crippen LogP contribution >= 0.6 is 0 Å². The van der Waals surface area contributed by atoms with Gasteiger partial charge in [0, 0.05) is 20.6 Å². The number of hydrogen-bond donors (Lipinski definition) is 2. The lowest BCUT2D eigenvalue weighted by Crippen LogP contribution is -2.48. The van der Waals surface area contributed by atoms with Gasteiger partial charge < -0.3 is 20.1 Å². The van der Waals surface area contributed by atoms with Gasteiger partial charge in [-0.15, -0.1) is 0 Å². The van der Waals surface area contributed by atoms with Gasteiger partial charge in [-0.25, -0.2) is 4.39 Å². The van der Waals surface area contributed by atoms with Crippen molar-refractivity contribution < 1.29 is 23.5 Å². The minimum Gasteiger partial charge on any atom is -0.489 e. The lowest BCUT2D eigenvalue weighted by Gasteiger charge is -2.16. The summed E-state index contributed by atoms with van der Waals surface area (Å²) in [5, 5.41) is 5.30. The second-order valence-electron chi connectivity index (χ2n) is 5.99. The summed E-state index contributed by atoms with van der Waals surface area (Å²) in [4.78, 5) is 23.3. The molecule has 0 radical (unpaired) electrons. The van der Waals surface area contributed by atoms with Crippen LogP contribution in [0.5, 0.6) is 5.75 Å². The SMILES string of the molecule is COC[C@@H](NC(C)=O)C(=O)NCc1ccc(OCc2cccc(F)c2)cc1. The molecule has 0 saturated carbocycles. The lowest BCUT2D eigenvalue weighted by molar-refractivity contribution is -0.129. The average Bonchev–Trinajstić information content (AvgIpc) is 2.64. The first kappa shape index (κ1) is 20.4. The van der Waals surface area contributed by atoms with Crippen molar-refractivity contribution in [1.29, 1.82) is 0 Å². The van der Waals surface area contributed by atoms with Crippen molar-refractivity contribution in [2.45, 2.75) is 26.1 Å². The van der Waals surface area contributed by atoms with Crippen molar-refractivity contribution in [2.75, 3.05) is 13.7 Å². The summed E-state index contributed by atoms with van der Waals surface area (Å²) < 4.78 is 23.7. The number of methoxy groups -OCH3 is 1. The summed E-state index contributed by atoms with van der Waals surface area (Å²) in [6.07, 6.45) is 0. The minimum atomic E-state index is -0.735. The Kier molecular flexibility index (Phi) is 7.76. The normalized spacial score (nSPS) is 11.5. The number of carbonyl (C=O) groups excluding carboxylic acids is 2. The van der Waals surface area contributed by atoms with Crippen LogP contribution in [0.3, 0.4) is 0 Å². The second kappa shape index (κ2) is 10.3. The van der Waals surface area contributed by atoms with E-state index in [1.807, 2.05) is 12.1 Å². The molecule has 2 N–H and O–H groups in total. The quantitative estimate of drug-likeness (QED) is 0.705. The molecule has 2 amide bonds. The van der Waals surface area contributed by atoms with E-state index >= 15 is 0 Å². The Balaban J connectivity index is 1.84. The molecule has 0 aliphatic carbocycles. The van der Waals surface area contributed by atoms with Gasteiger partial charge in [-0.1, -0.05) is 24.3 Å². The van der Waals surface area contributed by atoms with E-state index in [1.54, 1.807) is 24.3 Å². The summed E-state index contributed by atoms with van der Waals surface area (Å²) in [5.41, 5.74) is 1.62. The molecule has 2 aromatic carbocycles. The highest BCUT2D eigenvalue weighted by Gasteiger charge is 2.18. The molecule has 2 rings (SSSR count). The van der Waals surface area contributed by atoms with Crippen LogP contribution in [0.15, 0.2) is 48.5 Å². The smallest absolute Gasteiger partial charge is 0.245 e. The highest BCUT2D eigenvalue weighted by molar-refractivity contribution is 5.86. The number of ether oxygens (including phenoxy) is 2. The maximum absolute atomic E-state index is 13.1. The van der Waals surface area contributed by atoms with Gasteiger partial charge in [0.1, 0.15) is 24.2 Å². The van der Waals surface area contributed by atoms with Crippen LogP contribution in [0.1, 0.15) is 18.1 Å². The third kappa shape index (κ3) is 7.07. The predicted molar refractivity (Wildman–Crippen MR) is 98.5 cm³/mol. The van der Waals surface area contributed by atoms with Crippen LogP contribution in [0.4, 0.5) is 4.39 Å². The molecular formula is C20H23FN2O4. The average molecular weight is 374 g/mol. The number of rotatable bonds is 9. The van der Waals surface area contributed by atoms with Crippen LogP contribution in [0.25, 0.3) is 0 Å². The number of halogens is 1. The number of benzene rings is 2. The summed E-state index contributed by atoms with van der Waals surface area (Å²) in [7, 11) is 1.46. The summed E-state index contributed by atoms with van der Waals surface area (Å²) in [6, 6.07) is 12.7. The number of hydrogen-bond acceptors (Lipinski definition) is 4. The van der Waals surface area contributed by atoms with Crippen molar-refractivity contribution in [2.24, 2.45) is 0 Å². The Hall–Kier alpha value is -2.93. The second-order valence-corrected chi connectivity index (χ2v) is 5.99. The third-order valence-electron chi connectivity index (χ3n) is 3.71. The molecule has 1 atom stereocenters. The molecule has 0 aliphatic rings. The number of amides is 2. The van der Waals surface area contributed by atoms with Crippen LogP contribution in [0.2, 0.25) is 0 Å². The zero-order chi connectivity index (χ0) is 19.6. The maximum atomic E-state index is 13.1. The molecule has 0 fully saturated rings. The van der Waals surface area contributed by atoms with E-state index in [1.165, 1.54) is 26.2 Å². The molecule has 0 aromatic heterocycles. The van der Waals surface area contributed by atoms with Gasteiger partial charge >= 0.3 is 0 Å². The summed E-state index contributed by atoms with van der Waals surface area (Å²) in [5.74, 6) is -0.274. The summed E-state index contributed by atoms with van der Waals surface area (Å²) >= 11 is 0. The number of nitrogens with one attached hydrogen (secondary N) is 2. The van der Waals surface area contributed by atoms with Gasteiger partial charge in [0.15, 0.2) is 0 Å². The fraction of sp³-hybridized carbons (Fsp3) is 0.300. The van der Waals surface area contributed by atoms with E-state index in [2.05, 4.69) is 10.6 Å². The fourth-order valence-corrected chi connectivity index (χ4v) is 2.40. The van der Waals surface area contributed by atoms with Gasteiger partial charge in [-0.2, -0.15) is 0 Å². The van der Waals surface area contributed by atoms with Gasteiger partial charge in [0.05, 0.1) is 6.61 Å². The Morgan fingerprint density at radius 3 is 2.48 bits per heavy atom. The molecule has 7 heteroatoms. The molecule has 0 unspecified atom stereocenters. The Morgan fingerprint density at radius 1 is 1.11 bits per heavy atom. The van der Waals surface area contributed by atoms with Gasteiger partial charge in [-0.3, -0.25) is 9.59 Å². The molecule has 0 saturated heterocycles. The zero-order valence-electron chi connectivity index (χ0n) is 15.3. The first-order chi connectivity index (χ1) is 13.0. The largest absolute Gasteiger partial charge is 0.489 e. The third-order valence-corrected chi connectivity index (χ3v) is 3.71. The first-order valence-electron chi connectivity index (χ1n) is 8.48. The highest BCUT2D eigenvalue weighted by Crippen LogP contribution is 2.14. The molecule has 0 bridgehead atoms. The predicted octanol–water partition coefficient (Wildman–Crippen LogP) is 2.17. The number of carbonyl (C=O) groups is 2. The van der Waals surface area contributed by atoms with E-state index in [4.69, 9.17) is 9.47 Å². The van der Waals surface area contributed by atoms with E-state index in [0.717, 1.165) is 11.1 Å². The van der Waals surface area contributed by atoms with Crippen LogP contribution < -0.4 is 15.4 Å². The Labute approximate surface area is 157 Å². The van der Waals surface area contributed by atoms with Crippen molar-refractivity contribution in [3.63, 3.8) is 0 Å². The van der Waals surface area contributed by atoms with Crippen LogP contribution in [-0.4, -0.2) is 31.6 Å². The van der Waals surface area contributed by atoms with Gasteiger partial charge in [-0.05, 0) is 35.4 Å². The molecule has 6 nitrogen and oxygen atoms in total. The van der Waals surface area contributed by atoms with Gasteiger partial charge in [0.25, 0.3) is 0 Å². The Bertz CT molecular complexity index is 765. The van der Waals surface area contributed by atoms with Crippen LogP contribution in [-0.2, 0) is 27.5 Å². The Morgan fingerprint density at radius 2 is 1.85 bits per heavy atom. The van der Waals surface area contributed by atoms with E-state index < -0.39 is 6.04 Å². The standard InChI is InChI=1S/C20H23FN2O4/c1-14(24)23-19(13-26-2)20(25)22-11-15-6-8-18(9-7-15)27-12-16-4-3-5-17(21)10-16/h3-10,19H,11-13H2,1-2H3,(H,22,25)(H,23,24)/t19-/m1/s1. The monoisotopic (exact) mass is 374 g/mol. The van der Waals surface area contributed by atoms with E-state index in [9.17, 15) is 14.0 Å². The van der Waals surface area contributed by atoms with Crippen molar-refractivity contribution in [3.05, 3.63) is 65.5 Å². The zero-order valence-corrected chi connectivity index (χ0v) is 15.3. The molecule has 2 aromatic rings. The first-order valence-corrected chi connectivity index (χ1v) is 8.48. The molecular weight excluding hydrogens is 351 g/mol. The van der Waals surface area contributed by atoms with E-state index in [-0.39, 0.29) is 30.8 Å².